The Morgan fingerprint density at radius 1 is 1.19 bits per heavy atom. The van der Waals surface area contributed by atoms with Crippen molar-refractivity contribution in [3.8, 4) is 5.75 Å². The quantitative estimate of drug-likeness (QED) is 0.391. The van der Waals surface area contributed by atoms with E-state index in [4.69, 9.17) is 9.72 Å². The highest BCUT2D eigenvalue weighted by Gasteiger charge is 2.31. The molecule has 3 heterocycles. The Labute approximate surface area is 216 Å². The van der Waals surface area contributed by atoms with Crippen LogP contribution >= 0.6 is 0 Å². The van der Waals surface area contributed by atoms with E-state index in [2.05, 4.69) is 40.4 Å². The average molecular weight is 501 g/mol. The number of aromatic amines is 1. The summed E-state index contributed by atoms with van der Waals surface area (Å²) in [7, 11) is 3.58. The minimum absolute atomic E-state index is 0.0557. The Morgan fingerprint density at radius 2 is 2.00 bits per heavy atom. The summed E-state index contributed by atoms with van der Waals surface area (Å²) in [4.78, 5) is 24.3. The van der Waals surface area contributed by atoms with Crippen molar-refractivity contribution in [1.82, 2.24) is 20.2 Å². The third-order valence-electron chi connectivity index (χ3n) is 8.10. The first-order valence-electron chi connectivity index (χ1n) is 13.2. The number of aryl methyl sites for hydroxylation is 1. The number of amides is 1. The number of hydrogen-bond donors (Lipinski definition) is 2. The molecule has 1 saturated heterocycles. The number of fused-ring (bicyclic) bond motifs is 5. The molecule has 6 nitrogen and oxygen atoms in total. The van der Waals surface area contributed by atoms with Gasteiger partial charge in [-0.15, -0.1) is 0 Å². The number of halogens is 1. The number of rotatable bonds is 5. The lowest BCUT2D eigenvalue weighted by Gasteiger charge is -2.31. The zero-order valence-corrected chi connectivity index (χ0v) is 21.4. The summed E-state index contributed by atoms with van der Waals surface area (Å²) in [5, 5.41) is 5.72. The molecule has 0 radical (unpaired) electrons. The van der Waals surface area contributed by atoms with Crippen LogP contribution in [0.1, 0.15) is 54.2 Å². The normalized spacial score (nSPS) is 18.7. The molecular formula is C30H33FN4O2. The van der Waals surface area contributed by atoms with Crippen LogP contribution in [0.2, 0.25) is 0 Å². The second-order valence-corrected chi connectivity index (χ2v) is 10.5. The van der Waals surface area contributed by atoms with Crippen molar-refractivity contribution in [2.45, 2.75) is 44.6 Å². The Morgan fingerprint density at radius 3 is 2.78 bits per heavy atom. The molecule has 2 aliphatic rings. The maximum Gasteiger partial charge on any atom is 0.223 e. The highest BCUT2D eigenvalue weighted by atomic mass is 19.1. The second kappa shape index (κ2) is 9.78. The molecule has 1 unspecified atom stereocenters. The van der Waals surface area contributed by atoms with Crippen molar-refractivity contribution in [3.63, 3.8) is 0 Å². The maximum absolute atomic E-state index is 14.5. The number of H-pyrrole nitrogens is 1. The number of para-hydroxylation sites is 1. The minimum Gasteiger partial charge on any atom is -0.494 e. The molecule has 1 amide bonds. The predicted molar refractivity (Wildman–Crippen MR) is 143 cm³/mol. The number of carbonyl (C=O) groups is 1. The predicted octanol–water partition coefficient (Wildman–Crippen LogP) is 5.29. The van der Waals surface area contributed by atoms with Gasteiger partial charge in [0, 0.05) is 28.6 Å². The van der Waals surface area contributed by atoms with Gasteiger partial charge in [0.1, 0.15) is 0 Å². The van der Waals surface area contributed by atoms with Crippen molar-refractivity contribution in [1.29, 1.82) is 0 Å². The number of benzene rings is 2. The first-order chi connectivity index (χ1) is 18.0. The van der Waals surface area contributed by atoms with E-state index >= 15 is 0 Å². The maximum atomic E-state index is 14.5. The van der Waals surface area contributed by atoms with Crippen LogP contribution in [0.5, 0.6) is 5.75 Å². The van der Waals surface area contributed by atoms with E-state index in [0.717, 1.165) is 73.2 Å². The van der Waals surface area contributed by atoms with E-state index in [0.29, 0.717) is 6.42 Å². The third kappa shape index (κ3) is 4.46. The SMILES string of the molecule is COc1ccc(Cc2nc3c(c4c2[nH]c2ccccc24)CCCC3NC(=O)C2CCN(C)CC2)cc1F. The van der Waals surface area contributed by atoms with E-state index in [1.54, 1.807) is 6.07 Å². The first kappa shape index (κ1) is 23.9. The van der Waals surface area contributed by atoms with E-state index in [-0.39, 0.29) is 29.4 Å². The molecule has 0 bridgehead atoms. The van der Waals surface area contributed by atoms with Crippen LogP contribution in [0.15, 0.2) is 42.5 Å². The van der Waals surface area contributed by atoms with Gasteiger partial charge in [0.15, 0.2) is 11.6 Å². The molecular weight excluding hydrogens is 467 g/mol. The number of pyridine rings is 1. The summed E-state index contributed by atoms with van der Waals surface area (Å²) in [5.41, 5.74) is 5.94. The van der Waals surface area contributed by atoms with Crippen LogP contribution in [0.3, 0.4) is 0 Å². The number of nitrogens with zero attached hydrogens (tertiary/aromatic N) is 2. The molecule has 0 spiro atoms. The minimum atomic E-state index is -0.380. The fourth-order valence-electron chi connectivity index (χ4n) is 6.07. The van der Waals surface area contributed by atoms with Gasteiger partial charge in [0.05, 0.1) is 30.1 Å². The summed E-state index contributed by atoms with van der Waals surface area (Å²) < 4.78 is 19.6. The van der Waals surface area contributed by atoms with Gasteiger partial charge in [0.2, 0.25) is 5.91 Å². The van der Waals surface area contributed by atoms with Gasteiger partial charge in [-0.25, -0.2) is 4.39 Å². The fourth-order valence-corrected chi connectivity index (χ4v) is 6.07. The monoisotopic (exact) mass is 500 g/mol. The summed E-state index contributed by atoms with van der Waals surface area (Å²) in [6.45, 7) is 1.91. The van der Waals surface area contributed by atoms with Crippen molar-refractivity contribution >= 4 is 27.7 Å². The van der Waals surface area contributed by atoms with Crippen LogP contribution in [-0.2, 0) is 17.6 Å². The molecule has 1 aliphatic carbocycles. The topological polar surface area (TPSA) is 70.2 Å². The van der Waals surface area contributed by atoms with Gasteiger partial charge in [-0.3, -0.25) is 9.78 Å². The van der Waals surface area contributed by atoms with Gasteiger partial charge in [-0.1, -0.05) is 24.3 Å². The molecule has 37 heavy (non-hydrogen) atoms. The average Bonchev–Trinajstić information content (AvgIpc) is 3.30. The third-order valence-corrected chi connectivity index (χ3v) is 8.10. The molecule has 0 saturated carbocycles. The first-order valence-corrected chi connectivity index (χ1v) is 13.2. The number of carbonyl (C=O) groups excluding carboxylic acids is 1. The van der Waals surface area contributed by atoms with Crippen molar-refractivity contribution in [3.05, 3.63) is 70.8 Å². The lowest BCUT2D eigenvalue weighted by Crippen LogP contribution is -2.41. The van der Waals surface area contributed by atoms with Crippen LogP contribution in [0, 0.1) is 11.7 Å². The highest BCUT2D eigenvalue weighted by molar-refractivity contribution is 6.10. The summed E-state index contributed by atoms with van der Waals surface area (Å²) in [6.07, 6.45) is 5.08. The lowest BCUT2D eigenvalue weighted by atomic mass is 9.87. The van der Waals surface area contributed by atoms with Gasteiger partial charge in [0.25, 0.3) is 0 Å². The molecule has 1 atom stereocenters. The standard InChI is InChI=1S/C30H33FN4O2/c1-35-14-12-19(13-15-35)30(36)34-24-9-5-7-21-27-20-6-3-4-8-23(20)32-29(27)25(33-28(21)24)17-18-10-11-26(37-2)22(31)16-18/h3-4,6,8,10-11,16,19,24,32H,5,7,9,12-15,17H2,1-2H3,(H,34,36). The molecule has 1 aliphatic heterocycles. The molecule has 6 rings (SSSR count). The van der Waals surface area contributed by atoms with Crippen molar-refractivity contribution in [2.75, 3.05) is 27.2 Å². The van der Waals surface area contributed by atoms with Crippen molar-refractivity contribution < 1.29 is 13.9 Å². The molecule has 1 fully saturated rings. The van der Waals surface area contributed by atoms with Gasteiger partial charge in [-0.2, -0.15) is 0 Å². The second-order valence-electron chi connectivity index (χ2n) is 10.5. The Balaban J connectivity index is 1.42. The van der Waals surface area contributed by atoms with E-state index in [1.807, 2.05) is 12.1 Å². The Kier molecular flexibility index (Phi) is 6.32. The largest absolute Gasteiger partial charge is 0.494 e. The molecule has 4 aromatic rings. The number of likely N-dealkylation sites (tertiary alicyclic amines) is 1. The fraction of sp³-hybridized carbons (Fsp3) is 0.400. The highest BCUT2D eigenvalue weighted by Crippen LogP contribution is 2.39. The smallest absolute Gasteiger partial charge is 0.223 e. The zero-order chi connectivity index (χ0) is 25.5. The Bertz CT molecular complexity index is 1470. The van der Waals surface area contributed by atoms with Gasteiger partial charge in [-0.05, 0) is 81.6 Å². The van der Waals surface area contributed by atoms with Crippen LogP contribution in [0.4, 0.5) is 4.39 Å². The lowest BCUT2D eigenvalue weighted by molar-refractivity contribution is -0.127. The number of ether oxygens (including phenoxy) is 1. The van der Waals surface area contributed by atoms with Crippen LogP contribution in [-0.4, -0.2) is 48.0 Å². The Hall–Kier alpha value is -3.45. The number of aromatic nitrogens is 2. The molecule has 2 aromatic carbocycles. The molecule has 2 N–H and O–H groups in total. The van der Waals surface area contributed by atoms with Gasteiger partial charge < -0.3 is 19.9 Å². The summed E-state index contributed by atoms with van der Waals surface area (Å²) in [6, 6.07) is 13.3. The zero-order valence-electron chi connectivity index (χ0n) is 21.4. The molecule has 2 aromatic heterocycles. The summed E-state index contributed by atoms with van der Waals surface area (Å²) in [5.74, 6) is 0.0504. The van der Waals surface area contributed by atoms with E-state index in [1.165, 1.54) is 29.5 Å². The number of nitrogens with one attached hydrogen (secondary N) is 2. The number of hydrogen-bond acceptors (Lipinski definition) is 4. The van der Waals surface area contributed by atoms with Crippen LogP contribution < -0.4 is 10.1 Å². The van der Waals surface area contributed by atoms with E-state index < -0.39 is 0 Å². The van der Waals surface area contributed by atoms with E-state index in [9.17, 15) is 9.18 Å². The number of piperidine rings is 1. The van der Waals surface area contributed by atoms with Crippen molar-refractivity contribution in [2.24, 2.45) is 5.92 Å². The van der Waals surface area contributed by atoms with Crippen LogP contribution in [0.25, 0.3) is 21.8 Å². The summed E-state index contributed by atoms with van der Waals surface area (Å²) >= 11 is 0. The van der Waals surface area contributed by atoms with Gasteiger partial charge >= 0.3 is 0 Å². The molecule has 192 valence electrons. The molecule has 7 heteroatoms. The number of methoxy groups -OCH3 is 1.